The smallest absolute Gasteiger partial charge is 0.204 e. The standard InChI is InChI=1S/C17H23N5O/c1-23-10-9-19-17-21-14-11-20-16-13(7-8-18-16)15(14)22(17)12-5-3-2-4-6-12/h7-8,11-12H,2-6,9-10H2,1H3,(H,18,20)(H,19,21). The van der Waals surface area contributed by atoms with E-state index in [2.05, 4.69) is 25.9 Å². The maximum Gasteiger partial charge on any atom is 0.204 e. The SMILES string of the molecule is COCCNc1nc2cnc3[nH]ccc3c2n1C1CCCCC1. The number of nitrogens with zero attached hydrogens (tertiary/aromatic N) is 3. The lowest BCUT2D eigenvalue weighted by molar-refractivity contribution is 0.210. The number of anilines is 1. The summed E-state index contributed by atoms with van der Waals surface area (Å²) in [5, 5.41) is 4.60. The molecule has 0 saturated heterocycles. The first-order valence-electron chi connectivity index (χ1n) is 8.45. The summed E-state index contributed by atoms with van der Waals surface area (Å²) in [6.07, 6.45) is 10.2. The number of hydrogen-bond donors (Lipinski definition) is 2. The van der Waals surface area contributed by atoms with Crippen LogP contribution in [0.5, 0.6) is 0 Å². The average Bonchev–Trinajstić information content (AvgIpc) is 3.19. The summed E-state index contributed by atoms with van der Waals surface area (Å²) >= 11 is 0. The van der Waals surface area contributed by atoms with Crippen molar-refractivity contribution in [1.29, 1.82) is 0 Å². The molecule has 0 aliphatic heterocycles. The molecule has 2 N–H and O–H groups in total. The minimum absolute atomic E-state index is 0.513. The predicted molar refractivity (Wildman–Crippen MR) is 91.9 cm³/mol. The molecule has 1 fully saturated rings. The van der Waals surface area contributed by atoms with Gasteiger partial charge in [0, 0.05) is 31.3 Å². The van der Waals surface area contributed by atoms with Crippen LogP contribution < -0.4 is 5.32 Å². The molecule has 0 amide bonds. The number of ether oxygens (including phenoxy) is 1. The lowest BCUT2D eigenvalue weighted by Crippen LogP contribution is -2.18. The quantitative estimate of drug-likeness (QED) is 0.708. The summed E-state index contributed by atoms with van der Waals surface area (Å²) in [4.78, 5) is 12.5. The molecule has 3 aromatic rings. The monoisotopic (exact) mass is 313 g/mol. The van der Waals surface area contributed by atoms with Crippen molar-refractivity contribution in [2.75, 3.05) is 25.6 Å². The van der Waals surface area contributed by atoms with Gasteiger partial charge in [-0.05, 0) is 18.9 Å². The lowest BCUT2D eigenvalue weighted by Gasteiger charge is -2.25. The van der Waals surface area contributed by atoms with E-state index >= 15 is 0 Å². The molecule has 1 aliphatic carbocycles. The molecule has 0 atom stereocenters. The zero-order chi connectivity index (χ0) is 15.6. The van der Waals surface area contributed by atoms with Gasteiger partial charge in [-0.2, -0.15) is 0 Å². The summed E-state index contributed by atoms with van der Waals surface area (Å²) < 4.78 is 7.57. The van der Waals surface area contributed by atoms with Crippen LogP contribution in [0, 0.1) is 0 Å². The van der Waals surface area contributed by atoms with Crippen molar-refractivity contribution in [2.24, 2.45) is 0 Å². The minimum Gasteiger partial charge on any atom is -0.383 e. The second-order valence-corrected chi connectivity index (χ2v) is 6.25. The summed E-state index contributed by atoms with van der Waals surface area (Å²) in [6.45, 7) is 1.43. The topological polar surface area (TPSA) is 67.8 Å². The molecule has 122 valence electrons. The first kappa shape index (κ1) is 14.5. The van der Waals surface area contributed by atoms with E-state index in [9.17, 15) is 0 Å². The molecule has 0 spiro atoms. The van der Waals surface area contributed by atoms with Gasteiger partial charge in [-0.1, -0.05) is 19.3 Å². The molecule has 6 nitrogen and oxygen atoms in total. The van der Waals surface area contributed by atoms with E-state index < -0.39 is 0 Å². The van der Waals surface area contributed by atoms with Gasteiger partial charge in [0.05, 0.1) is 18.3 Å². The maximum atomic E-state index is 5.16. The van der Waals surface area contributed by atoms with Crippen molar-refractivity contribution in [3.63, 3.8) is 0 Å². The normalized spacial score (nSPS) is 16.4. The molecular formula is C17H23N5O. The van der Waals surface area contributed by atoms with Crippen LogP contribution in [0.2, 0.25) is 0 Å². The van der Waals surface area contributed by atoms with Gasteiger partial charge >= 0.3 is 0 Å². The third-order valence-corrected chi connectivity index (χ3v) is 4.76. The van der Waals surface area contributed by atoms with Gasteiger partial charge in [0.15, 0.2) is 0 Å². The van der Waals surface area contributed by atoms with E-state index in [0.29, 0.717) is 12.6 Å². The number of pyridine rings is 1. The Hall–Kier alpha value is -2.08. The van der Waals surface area contributed by atoms with Crippen LogP contribution in [0.1, 0.15) is 38.1 Å². The Labute approximate surface area is 135 Å². The van der Waals surface area contributed by atoms with Crippen LogP contribution in [-0.4, -0.2) is 39.8 Å². The predicted octanol–water partition coefficient (Wildman–Crippen LogP) is 3.48. The molecule has 0 radical (unpaired) electrons. The van der Waals surface area contributed by atoms with Crippen LogP contribution in [0.3, 0.4) is 0 Å². The Morgan fingerprint density at radius 1 is 1.35 bits per heavy atom. The van der Waals surface area contributed by atoms with Crippen molar-refractivity contribution in [3.8, 4) is 0 Å². The van der Waals surface area contributed by atoms with Crippen LogP contribution in [0.15, 0.2) is 18.5 Å². The number of imidazole rings is 1. The number of nitrogens with one attached hydrogen (secondary N) is 2. The van der Waals surface area contributed by atoms with Gasteiger partial charge in [0.2, 0.25) is 5.95 Å². The largest absolute Gasteiger partial charge is 0.383 e. The summed E-state index contributed by atoms with van der Waals surface area (Å²) in [6, 6.07) is 2.62. The molecular weight excluding hydrogens is 290 g/mol. The highest BCUT2D eigenvalue weighted by atomic mass is 16.5. The van der Waals surface area contributed by atoms with E-state index in [4.69, 9.17) is 9.72 Å². The van der Waals surface area contributed by atoms with Crippen LogP contribution in [0.4, 0.5) is 5.95 Å². The Morgan fingerprint density at radius 2 is 2.22 bits per heavy atom. The molecule has 6 heteroatoms. The Balaban J connectivity index is 1.85. The van der Waals surface area contributed by atoms with E-state index in [1.807, 2.05) is 12.4 Å². The van der Waals surface area contributed by atoms with Crippen LogP contribution >= 0.6 is 0 Å². The van der Waals surface area contributed by atoms with Crippen molar-refractivity contribution < 1.29 is 4.74 Å². The third-order valence-electron chi connectivity index (χ3n) is 4.76. The molecule has 0 aromatic carbocycles. The molecule has 1 aliphatic rings. The highest BCUT2D eigenvalue weighted by molar-refractivity contribution is 6.02. The number of methoxy groups -OCH3 is 1. The molecule has 0 bridgehead atoms. The number of aromatic nitrogens is 4. The van der Waals surface area contributed by atoms with Crippen molar-refractivity contribution in [1.82, 2.24) is 19.5 Å². The van der Waals surface area contributed by atoms with Crippen molar-refractivity contribution in [3.05, 3.63) is 18.5 Å². The minimum atomic E-state index is 0.513. The number of fused-ring (bicyclic) bond motifs is 3. The molecule has 4 rings (SSSR count). The van der Waals surface area contributed by atoms with E-state index in [1.54, 1.807) is 7.11 Å². The van der Waals surface area contributed by atoms with Gasteiger partial charge in [-0.25, -0.2) is 9.97 Å². The van der Waals surface area contributed by atoms with Gasteiger partial charge in [0.25, 0.3) is 0 Å². The highest BCUT2D eigenvalue weighted by Crippen LogP contribution is 2.36. The fourth-order valence-electron chi connectivity index (χ4n) is 3.68. The van der Waals surface area contributed by atoms with Gasteiger partial charge < -0.3 is 19.6 Å². The molecule has 23 heavy (non-hydrogen) atoms. The molecule has 1 saturated carbocycles. The first-order valence-corrected chi connectivity index (χ1v) is 8.45. The zero-order valence-electron chi connectivity index (χ0n) is 13.5. The summed E-state index contributed by atoms with van der Waals surface area (Å²) in [7, 11) is 1.72. The zero-order valence-corrected chi connectivity index (χ0v) is 13.5. The van der Waals surface area contributed by atoms with E-state index in [0.717, 1.165) is 29.0 Å². The van der Waals surface area contributed by atoms with Gasteiger partial charge in [0.1, 0.15) is 11.2 Å². The second kappa shape index (κ2) is 6.20. The first-order chi connectivity index (χ1) is 11.4. The van der Waals surface area contributed by atoms with E-state index in [1.165, 1.54) is 37.6 Å². The average molecular weight is 313 g/mol. The maximum absolute atomic E-state index is 5.16. The summed E-state index contributed by atoms with van der Waals surface area (Å²) in [5.41, 5.74) is 3.09. The molecule has 0 unspecified atom stereocenters. The second-order valence-electron chi connectivity index (χ2n) is 6.25. The number of aromatic amines is 1. The molecule has 3 aromatic heterocycles. The molecule has 3 heterocycles. The fraction of sp³-hybridized carbons (Fsp3) is 0.529. The van der Waals surface area contributed by atoms with Crippen molar-refractivity contribution >= 4 is 28.0 Å². The van der Waals surface area contributed by atoms with Crippen LogP contribution in [-0.2, 0) is 4.74 Å². The Kier molecular flexibility index (Phi) is 3.91. The van der Waals surface area contributed by atoms with Gasteiger partial charge in [-0.3, -0.25) is 0 Å². The fourth-order valence-corrected chi connectivity index (χ4v) is 3.68. The van der Waals surface area contributed by atoms with Crippen molar-refractivity contribution in [2.45, 2.75) is 38.1 Å². The Bertz CT molecular complexity index is 800. The number of rotatable bonds is 5. The summed E-state index contributed by atoms with van der Waals surface area (Å²) in [5.74, 6) is 0.944. The highest BCUT2D eigenvalue weighted by Gasteiger charge is 2.23. The number of hydrogen-bond acceptors (Lipinski definition) is 4. The number of H-pyrrole nitrogens is 1. The van der Waals surface area contributed by atoms with Gasteiger partial charge in [-0.15, -0.1) is 0 Å². The van der Waals surface area contributed by atoms with Crippen LogP contribution in [0.25, 0.3) is 22.1 Å². The third kappa shape index (κ3) is 2.57. The Morgan fingerprint density at radius 3 is 3.04 bits per heavy atom. The van der Waals surface area contributed by atoms with E-state index in [-0.39, 0.29) is 0 Å². The lowest BCUT2D eigenvalue weighted by atomic mass is 9.95.